The van der Waals surface area contributed by atoms with Gasteiger partial charge in [0.05, 0.1) is 14.2 Å². The second-order valence-electron chi connectivity index (χ2n) is 9.68. The molecule has 2 atom stereocenters. The summed E-state index contributed by atoms with van der Waals surface area (Å²) in [4.78, 5) is 22.6. The van der Waals surface area contributed by atoms with Crippen molar-refractivity contribution in [1.82, 2.24) is 19.4 Å². The predicted octanol–water partition coefficient (Wildman–Crippen LogP) is 3.87. The molecule has 0 bridgehead atoms. The third kappa shape index (κ3) is 4.88. The number of ether oxygens (including phenoxy) is 2. The lowest BCUT2D eigenvalue weighted by atomic mass is 9.90. The van der Waals surface area contributed by atoms with Crippen LogP contribution in [-0.2, 0) is 11.3 Å². The number of hydrogen-bond acceptors (Lipinski definition) is 5. The van der Waals surface area contributed by atoms with Crippen molar-refractivity contribution < 1.29 is 14.3 Å². The van der Waals surface area contributed by atoms with Gasteiger partial charge in [-0.1, -0.05) is 13.0 Å². The highest BCUT2D eigenvalue weighted by atomic mass is 16.5. The lowest BCUT2D eigenvalue weighted by Crippen LogP contribution is -2.44. The molecule has 1 aromatic heterocycles. The van der Waals surface area contributed by atoms with Crippen LogP contribution >= 0.6 is 0 Å². The highest BCUT2D eigenvalue weighted by Gasteiger charge is 2.31. The van der Waals surface area contributed by atoms with Gasteiger partial charge in [-0.15, -0.1) is 0 Å². The van der Waals surface area contributed by atoms with Gasteiger partial charge in [0.15, 0.2) is 11.5 Å². The maximum absolute atomic E-state index is 13.5. The fraction of sp³-hybridized carbons (Fsp3) is 0.615. The van der Waals surface area contributed by atoms with Crippen molar-refractivity contribution in [2.45, 2.75) is 63.5 Å². The largest absolute Gasteiger partial charge is 0.493 e. The molecule has 7 nitrogen and oxygen atoms in total. The fourth-order valence-electron chi connectivity index (χ4n) is 5.40. The molecule has 2 aromatic rings. The SMILES string of the molecule is COc1ccc(C(CC(=O)N2CCC(N(C)C)CC2)c2cnc3n2CCCC3C)cc1OC. The number of likely N-dealkylation sites (tertiary alicyclic amines) is 1. The topological polar surface area (TPSA) is 59.8 Å². The molecule has 0 spiro atoms. The number of aromatic nitrogens is 2. The van der Waals surface area contributed by atoms with E-state index in [1.807, 2.05) is 23.2 Å². The summed E-state index contributed by atoms with van der Waals surface area (Å²) in [6.45, 7) is 4.85. The number of amides is 1. The Bertz CT molecular complexity index is 962. The molecule has 4 rings (SSSR count). The van der Waals surface area contributed by atoms with Crippen LogP contribution in [0.4, 0.5) is 0 Å². The summed E-state index contributed by atoms with van der Waals surface area (Å²) >= 11 is 0. The van der Waals surface area contributed by atoms with E-state index in [2.05, 4.69) is 36.6 Å². The molecule has 2 unspecified atom stereocenters. The molecule has 180 valence electrons. The average molecular weight is 455 g/mol. The van der Waals surface area contributed by atoms with E-state index < -0.39 is 0 Å². The third-order valence-corrected chi connectivity index (χ3v) is 7.47. The lowest BCUT2D eigenvalue weighted by Gasteiger charge is -2.36. The molecule has 7 heteroatoms. The molecule has 2 aliphatic heterocycles. The number of methoxy groups -OCH3 is 2. The Kier molecular flexibility index (Phi) is 7.27. The fourth-order valence-corrected chi connectivity index (χ4v) is 5.40. The minimum Gasteiger partial charge on any atom is -0.493 e. The summed E-state index contributed by atoms with van der Waals surface area (Å²) in [6.07, 6.45) is 6.78. The number of imidazole rings is 1. The normalized spacial score (nSPS) is 19.9. The van der Waals surface area contributed by atoms with Gasteiger partial charge in [-0.2, -0.15) is 0 Å². The van der Waals surface area contributed by atoms with Crippen molar-refractivity contribution in [2.75, 3.05) is 41.4 Å². The highest BCUT2D eigenvalue weighted by molar-refractivity contribution is 5.78. The maximum Gasteiger partial charge on any atom is 0.223 e. The summed E-state index contributed by atoms with van der Waals surface area (Å²) in [5, 5.41) is 0. The van der Waals surface area contributed by atoms with E-state index >= 15 is 0 Å². The molecule has 1 saturated heterocycles. The predicted molar refractivity (Wildman–Crippen MR) is 129 cm³/mol. The Morgan fingerprint density at radius 1 is 1.12 bits per heavy atom. The molecule has 0 radical (unpaired) electrons. The molecular formula is C26H38N4O3. The van der Waals surface area contributed by atoms with Gasteiger partial charge in [0, 0.05) is 55.8 Å². The van der Waals surface area contributed by atoms with E-state index in [4.69, 9.17) is 14.5 Å². The van der Waals surface area contributed by atoms with E-state index in [0.717, 1.165) is 62.4 Å². The van der Waals surface area contributed by atoms with Crippen molar-refractivity contribution in [3.05, 3.63) is 41.5 Å². The number of carbonyl (C=O) groups is 1. The highest BCUT2D eigenvalue weighted by Crippen LogP contribution is 2.38. The Balaban J connectivity index is 1.64. The van der Waals surface area contributed by atoms with Crippen LogP contribution in [0.15, 0.2) is 24.4 Å². The minimum absolute atomic E-state index is 0.0737. The van der Waals surface area contributed by atoms with E-state index in [1.54, 1.807) is 14.2 Å². The van der Waals surface area contributed by atoms with Crippen LogP contribution < -0.4 is 9.47 Å². The van der Waals surface area contributed by atoms with Gasteiger partial charge in [-0.25, -0.2) is 4.98 Å². The molecule has 33 heavy (non-hydrogen) atoms. The molecule has 3 heterocycles. The average Bonchev–Trinajstić information content (AvgIpc) is 3.27. The van der Waals surface area contributed by atoms with Crippen molar-refractivity contribution in [1.29, 1.82) is 0 Å². The molecule has 0 saturated carbocycles. The Labute approximate surface area is 197 Å². The summed E-state index contributed by atoms with van der Waals surface area (Å²) in [6, 6.07) is 6.56. The maximum atomic E-state index is 13.5. The van der Waals surface area contributed by atoms with Gasteiger partial charge in [0.1, 0.15) is 5.82 Å². The second-order valence-corrected chi connectivity index (χ2v) is 9.68. The third-order valence-electron chi connectivity index (χ3n) is 7.47. The van der Waals surface area contributed by atoms with Gasteiger partial charge in [-0.3, -0.25) is 4.79 Å². The monoisotopic (exact) mass is 454 g/mol. The molecule has 2 aliphatic rings. The number of benzene rings is 1. The van der Waals surface area contributed by atoms with Crippen molar-refractivity contribution in [3.8, 4) is 11.5 Å². The van der Waals surface area contributed by atoms with Crippen molar-refractivity contribution >= 4 is 5.91 Å². The molecular weight excluding hydrogens is 416 g/mol. The molecule has 1 amide bonds. The summed E-state index contributed by atoms with van der Waals surface area (Å²) in [5.41, 5.74) is 2.19. The van der Waals surface area contributed by atoms with Crippen LogP contribution in [0.3, 0.4) is 0 Å². The number of nitrogens with zero attached hydrogens (tertiary/aromatic N) is 4. The number of fused-ring (bicyclic) bond motifs is 1. The summed E-state index contributed by atoms with van der Waals surface area (Å²) < 4.78 is 13.4. The van der Waals surface area contributed by atoms with Gasteiger partial charge in [-0.05, 0) is 57.5 Å². The number of rotatable bonds is 7. The van der Waals surface area contributed by atoms with Gasteiger partial charge in [0.2, 0.25) is 5.91 Å². The first-order valence-electron chi connectivity index (χ1n) is 12.1. The van der Waals surface area contributed by atoms with Crippen LogP contribution in [0.2, 0.25) is 0 Å². The van der Waals surface area contributed by atoms with Gasteiger partial charge in [0.25, 0.3) is 0 Å². The van der Waals surface area contributed by atoms with Crippen LogP contribution in [-0.4, -0.2) is 72.7 Å². The van der Waals surface area contributed by atoms with E-state index in [0.29, 0.717) is 29.9 Å². The quantitative estimate of drug-likeness (QED) is 0.636. The number of carbonyl (C=O) groups excluding carboxylic acids is 1. The van der Waals surface area contributed by atoms with Crippen LogP contribution in [0.25, 0.3) is 0 Å². The lowest BCUT2D eigenvalue weighted by molar-refractivity contribution is -0.132. The second kappa shape index (κ2) is 10.2. The summed E-state index contributed by atoms with van der Waals surface area (Å²) in [7, 11) is 7.54. The van der Waals surface area contributed by atoms with Crippen molar-refractivity contribution in [2.24, 2.45) is 0 Å². The zero-order chi connectivity index (χ0) is 23.5. The standard InChI is InChI=1S/C26H38N4O3/c1-18-7-6-12-30-22(17-27-26(18)30)21(19-8-9-23(32-4)24(15-19)33-5)16-25(31)29-13-10-20(11-14-29)28(2)3/h8-9,15,17-18,20-21H,6-7,10-14,16H2,1-5H3. The molecule has 1 fully saturated rings. The van der Waals surface area contributed by atoms with E-state index in [-0.39, 0.29) is 11.8 Å². The zero-order valence-corrected chi connectivity index (χ0v) is 20.7. The van der Waals surface area contributed by atoms with Crippen LogP contribution in [0.5, 0.6) is 11.5 Å². The van der Waals surface area contributed by atoms with E-state index in [9.17, 15) is 4.79 Å². The Morgan fingerprint density at radius 2 is 1.85 bits per heavy atom. The molecule has 0 N–H and O–H groups in total. The Hall–Kier alpha value is -2.54. The van der Waals surface area contributed by atoms with Gasteiger partial charge >= 0.3 is 0 Å². The summed E-state index contributed by atoms with van der Waals surface area (Å²) in [5.74, 6) is 3.11. The molecule has 0 aliphatic carbocycles. The van der Waals surface area contributed by atoms with Crippen LogP contribution in [0.1, 0.15) is 67.9 Å². The Morgan fingerprint density at radius 3 is 2.52 bits per heavy atom. The van der Waals surface area contributed by atoms with Crippen molar-refractivity contribution in [3.63, 3.8) is 0 Å². The zero-order valence-electron chi connectivity index (χ0n) is 20.7. The van der Waals surface area contributed by atoms with E-state index in [1.165, 1.54) is 0 Å². The first-order chi connectivity index (χ1) is 15.9. The number of hydrogen-bond donors (Lipinski definition) is 0. The minimum atomic E-state index is -0.0737. The molecule has 1 aromatic carbocycles. The first kappa shape index (κ1) is 23.6. The smallest absolute Gasteiger partial charge is 0.223 e. The first-order valence-corrected chi connectivity index (χ1v) is 12.1. The van der Waals surface area contributed by atoms with Crippen LogP contribution in [0, 0.1) is 0 Å². The van der Waals surface area contributed by atoms with Gasteiger partial charge < -0.3 is 23.8 Å². The number of piperidine rings is 1.